The summed E-state index contributed by atoms with van der Waals surface area (Å²) in [6, 6.07) is 6.80. The monoisotopic (exact) mass is 314 g/mol. The average Bonchev–Trinajstić information content (AvgIpc) is 2.29. The van der Waals surface area contributed by atoms with Crippen LogP contribution >= 0.6 is 15.9 Å². The van der Waals surface area contributed by atoms with Crippen LogP contribution in [0.25, 0.3) is 0 Å². The van der Waals surface area contributed by atoms with Crippen LogP contribution in [0.1, 0.15) is 12.5 Å². The minimum Gasteiger partial charge on any atom is -0.480 e. The number of benzene rings is 1. The van der Waals surface area contributed by atoms with Gasteiger partial charge in [-0.15, -0.1) is 0 Å². The van der Waals surface area contributed by atoms with Gasteiger partial charge in [0.05, 0.1) is 0 Å². The van der Waals surface area contributed by atoms with Gasteiger partial charge in [-0.1, -0.05) is 28.1 Å². The molecule has 0 aliphatic carbocycles. The SMILES string of the molecule is CC(=O)NC(CNCc1ccc(Br)cc1)C(=O)O. The largest absolute Gasteiger partial charge is 0.480 e. The lowest BCUT2D eigenvalue weighted by Crippen LogP contribution is -2.46. The molecule has 1 aromatic rings. The smallest absolute Gasteiger partial charge is 0.327 e. The lowest BCUT2D eigenvalue weighted by Gasteiger charge is -2.14. The van der Waals surface area contributed by atoms with Gasteiger partial charge in [0, 0.05) is 24.5 Å². The van der Waals surface area contributed by atoms with Crippen LogP contribution in [0.3, 0.4) is 0 Å². The number of hydrogen-bond donors (Lipinski definition) is 3. The summed E-state index contributed by atoms with van der Waals surface area (Å²) in [6.45, 7) is 2.03. The Hall–Kier alpha value is -1.40. The molecule has 1 rings (SSSR count). The Bertz CT molecular complexity index is 420. The van der Waals surface area contributed by atoms with E-state index in [9.17, 15) is 9.59 Å². The summed E-state index contributed by atoms with van der Waals surface area (Å²) in [7, 11) is 0. The number of carboxylic acid groups (broad SMARTS) is 1. The van der Waals surface area contributed by atoms with Crippen molar-refractivity contribution in [1.29, 1.82) is 0 Å². The van der Waals surface area contributed by atoms with Crippen molar-refractivity contribution in [2.75, 3.05) is 6.54 Å². The van der Waals surface area contributed by atoms with Crippen LogP contribution in [0, 0.1) is 0 Å². The van der Waals surface area contributed by atoms with E-state index >= 15 is 0 Å². The molecular formula is C12H15BrN2O3. The van der Waals surface area contributed by atoms with Gasteiger partial charge in [-0.2, -0.15) is 0 Å². The van der Waals surface area contributed by atoms with Crippen molar-refractivity contribution >= 4 is 27.8 Å². The van der Waals surface area contributed by atoms with E-state index in [-0.39, 0.29) is 12.5 Å². The zero-order valence-electron chi connectivity index (χ0n) is 9.94. The van der Waals surface area contributed by atoms with Crippen LogP contribution in [0.2, 0.25) is 0 Å². The number of carbonyl (C=O) groups excluding carboxylic acids is 1. The maximum Gasteiger partial charge on any atom is 0.327 e. The molecule has 5 nitrogen and oxygen atoms in total. The van der Waals surface area contributed by atoms with E-state index in [1.807, 2.05) is 24.3 Å². The summed E-state index contributed by atoms with van der Waals surface area (Å²) in [5.74, 6) is -1.40. The van der Waals surface area contributed by atoms with Gasteiger partial charge >= 0.3 is 5.97 Å². The van der Waals surface area contributed by atoms with E-state index in [1.54, 1.807) is 0 Å². The predicted molar refractivity (Wildman–Crippen MR) is 71.1 cm³/mol. The minimum absolute atomic E-state index is 0.185. The zero-order chi connectivity index (χ0) is 13.5. The van der Waals surface area contributed by atoms with E-state index in [4.69, 9.17) is 5.11 Å². The summed E-state index contributed by atoms with van der Waals surface area (Å²) in [6.07, 6.45) is 0. The fourth-order valence-electron chi connectivity index (χ4n) is 1.41. The first-order valence-corrected chi connectivity index (χ1v) is 6.23. The Labute approximate surface area is 114 Å². The number of carboxylic acids is 1. The Morgan fingerprint density at radius 2 is 1.94 bits per heavy atom. The molecule has 1 amide bonds. The molecule has 0 aromatic heterocycles. The third-order valence-corrected chi connectivity index (χ3v) is 2.80. The zero-order valence-corrected chi connectivity index (χ0v) is 11.5. The first kappa shape index (κ1) is 14.7. The Morgan fingerprint density at radius 1 is 1.33 bits per heavy atom. The molecule has 1 aromatic carbocycles. The Balaban J connectivity index is 2.41. The number of aliphatic carboxylic acids is 1. The van der Waals surface area contributed by atoms with Gasteiger partial charge in [-0.3, -0.25) is 4.79 Å². The molecule has 1 unspecified atom stereocenters. The summed E-state index contributed by atoms with van der Waals surface area (Å²) in [5, 5.41) is 14.3. The van der Waals surface area contributed by atoms with Gasteiger partial charge in [-0.05, 0) is 17.7 Å². The van der Waals surface area contributed by atoms with Crippen molar-refractivity contribution in [2.45, 2.75) is 19.5 Å². The normalized spacial score (nSPS) is 11.9. The minimum atomic E-state index is -1.05. The second-order valence-corrected chi connectivity index (χ2v) is 4.76. The molecule has 0 bridgehead atoms. The second kappa shape index (κ2) is 7.13. The number of nitrogens with one attached hydrogen (secondary N) is 2. The fraction of sp³-hybridized carbons (Fsp3) is 0.333. The first-order valence-electron chi connectivity index (χ1n) is 5.44. The van der Waals surface area contributed by atoms with Gasteiger partial charge in [0.25, 0.3) is 0 Å². The summed E-state index contributed by atoms with van der Waals surface area (Å²) in [4.78, 5) is 21.7. The predicted octanol–water partition coefficient (Wildman–Crippen LogP) is 1.13. The molecule has 0 saturated heterocycles. The van der Waals surface area contributed by atoms with Crippen molar-refractivity contribution in [2.24, 2.45) is 0 Å². The Morgan fingerprint density at radius 3 is 2.44 bits per heavy atom. The molecule has 0 aliphatic rings. The standard InChI is InChI=1S/C12H15BrN2O3/c1-8(16)15-11(12(17)18)7-14-6-9-2-4-10(13)5-3-9/h2-5,11,14H,6-7H2,1H3,(H,15,16)(H,17,18). The summed E-state index contributed by atoms with van der Waals surface area (Å²) in [5.41, 5.74) is 1.05. The van der Waals surface area contributed by atoms with Gasteiger partial charge in [0.1, 0.15) is 6.04 Å². The van der Waals surface area contributed by atoms with Crippen LogP contribution in [-0.2, 0) is 16.1 Å². The summed E-state index contributed by atoms with van der Waals surface area (Å²) < 4.78 is 0.993. The highest BCUT2D eigenvalue weighted by molar-refractivity contribution is 9.10. The van der Waals surface area contributed by atoms with Crippen LogP contribution in [0.15, 0.2) is 28.7 Å². The van der Waals surface area contributed by atoms with Crippen molar-refractivity contribution in [3.8, 4) is 0 Å². The molecule has 6 heteroatoms. The van der Waals surface area contributed by atoms with E-state index in [0.29, 0.717) is 6.54 Å². The topological polar surface area (TPSA) is 78.4 Å². The molecule has 0 aliphatic heterocycles. The molecule has 0 heterocycles. The number of carbonyl (C=O) groups is 2. The number of hydrogen-bond acceptors (Lipinski definition) is 3. The third-order valence-electron chi connectivity index (χ3n) is 2.27. The molecule has 18 heavy (non-hydrogen) atoms. The van der Waals surface area contributed by atoms with Crippen molar-refractivity contribution in [1.82, 2.24) is 10.6 Å². The van der Waals surface area contributed by atoms with Crippen LogP contribution < -0.4 is 10.6 Å². The lowest BCUT2D eigenvalue weighted by atomic mass is 10.2. The van der Waals surface area contributed by atoms with Gasteiger partial charge < -0.3 is 15.7 Å². The van der Waals surface area contributed by atoms with E-state index in [1.165, 1.54) is 6.92 Å². The number of rotatable bonds is 6. The highest BCUT2D eigenvalue weighted by atomic mass is 79.9. The molecule has 0 saturated carbocycles. The Kier molecular flexibility index (Phi) is 5.80. The second-order valence-electron chi connectivity index (χ2n) is 3.85. The van der Waals surface area contributed by atoms with Crippen molar-refractivity contribution in [3.05, 3.63) is 34.3 Å². The van der Waals surface area contributed by atoms with Crippen LogP contribution in [0.4, 0.5) is 0 Å². The molecule has 0 fully saturated rings. The maximum absolute atomic E-state index is 10.9. The number of amides is 1. The molecule has 98 valence electrons. The van der Waals surface area contributed by atoms with Crippen molar-refractivity contribution in [3.63, 3.8) is 0 Å². The van der Waals surface area contributed by atoms with E-state index < -0.39 is 12.0 Å². The van der Waals surface area contributed by atoms with E-state index in [0.717, 1.165) is 10.0 Å². The fourth-order valence-corrected chi connectivity index (χ4v) is 1.67. The highest BCUT2D eigenvalue weighted by Crippen LogP contribution is 2.10. The molecule has 3 N–H and O–H groups in total. The van der Waals surface area contributed by atoms with Gasteiger partial charge in [0.2, 0.25) is 5.91 Å². The third kappa shape index (κ3) is 5.29. The quantitative estimate of drug-likeness (QED) is 0.735. The van der Waals surface area contributed by atoms with Crippen LogP contribution in [-0.4, -0.2) is 29.6 Å². The van der Waals surface area contributed by atoms with Crippen molar-refractivity contribution < 1.29 is 14.7 Å². The lowest BCUT2D eigenvalue weighted by molar-refractivity contribution is -0.141. The highest BCUT2D eigenvalue weighted by Gasteiger charge is 2.17. The van der Waals surface area contributed by atoms with E-state index in [2.05, 4.69) is 26.6 Å². The maximum atomic E-state index is 10.9. The molecular weight excluding hydrogens is 300 g/mol. The number of halogens is 1. The molecule has 1 atom stereocenters. The molecule has 0 spiro atoms. The average molecular weight is 315 g/mol. The first-order chi connectivity index (χ1) is 8.49. The van der Waals surface area contributed by atoms with Crippen LogP contribution in [0.5, 0.6) is 0 Å². The summed E-state index contributed by atoms with van der Waals surface area (Å²) >= 11 is 3.34. The van der Waals surface area contributed by atoms with Gasteiger partial charge in [0.15, 0.2) is 0 Å². The van der Waals surface area contributed by atoms with Gasteiger partial charge in [-0.25, -0.2) is 4.79 Å². The molecule has 0 radical (unpaired) electrons.